The first-order valence-corrected chi connectivity index (χ1v) is 4.92. The van der Waals surface area contributed by atoms with Crippen LogP contribution >= 0.6 is 0 Å². The minimum atomic E-state index is -0.854. The van der Waals surface area contributed by atoms with Crippen LogP contribution < -0.4 is 0 Å². The molecule has 0 aliphatic heterocycles. The molecule has 15 heavy (non-hydrogen) atoms. The zero-order valence-corrected chi connectivity index (χ0v) is 8.97. The van der Waals surface area contributed by atoms with Gasteiger partial charge in [-0.25, -0.2) is 4.79 Å². The topological polar surface area (TPSA) is 50.2 Å². The van der Waals surface area contributed by atoms with E-state index in [1.807, 2.05) is 26.0 Å². The number of nitrogens with zero attached hydrogens (tertiary/aromatic N) is 1. The van der Waals surface area contributed by atoms with Crippen LogP contribution in [0.25, 0.3) is 0 Å². The second-order valence-electron chi connectivity index (χ2n) is 3.78. The van der Waals surface area contributed by atoms with Crippen molar-refractivity contribution in [2.45, 2.75) is 20.3 Å². The summed E-state index contributed by atoms with van der Waals surface area (Å²) in [5.74, 6) is -0.611. The second-order valence-corrected chi connectivity index (χ2v) is 3.78. The maximum atomic E-state index is 11.0. The molecule has 80 valence electrons. The van der Waals surface area contributed by atoms with Crippen LogP contribution in [0.15, 0.2) is 36.2 Å². The third kappa shape index (κ3) is 3.94. The van der Waals surface area contributed by atoms with Crippen molar-refractivity contribution in [1.82, 2.24) is 4.98 Å². The molecule has 1 heterocycles. The van der Waals surface area contributed by atoms with Crippen LogP contribution in [-0.4, -0.2) is 16.1 Å². The lowest BCUT2D eigenvalue weighted by molar-refractivity contribution is -0.132. The molecule has 0 bridgehead atoms. The molecule has 1 N–H and O–H groups in total. The Bertz CT molecular complexity index is 355. The van der Waals surface area contributed by atoms with Crippen LogP contribution in [0.5, 0.6) is 0 Å². The molecule has 1 aromatic heterocycles. The average molecular weight is 205 g/mol. The number of carboxylic acids is 1. The third-order valence-electron chi connectivity index (χ3n) is 1.93. The van der Waals surface area contributed by atoms with Gasteiger partial charge in [0.2, 0.25) is 0 Å². The number of carbonyl (C=O) groups is 1. The van der Waals surface area contributed by atoms with Crippen LogP contribution in [0.2, 0.25) is 0 Å². The predicted molar refractivity (Wildman–Crippen MR) is 58.5 cm³/mol. The van der Waals surface area contributed by atoms with Crippen LogP contribution in [-0.2, 0) is 11.2 Å². The van der Waals surface area contributed by atoms with Crippen molar-refractivity contribution in [2.24, 2.45) is 5.92 Å². The fourth-order valence-electron chi connectivity index (χ4n) is 1.33. The Morgan fingerprint density at radius 2 is 2.33 bits per heavy atom. The summed E-state index contributed by atoms with van der Waals surface area (Å²) in [6, 6.07) is 3.69. The number of carboxylic acid groups (broad SMARTS) is 1. The van der Waals surface area contributed by atoms with Gasteiger partial charge < -0.3 is 5.11 Å². The van der Waals surface area contributed by atoms with Crippen LogP contribution in [0.3, 0.4) is 0 Å². The van der Waals surface area contributed by atoms with Gasteiger partial charge in [-0.2, -0.15) is 0 Å². The second kappa shape index (κ2) is 5.29. The summed E-state index contributed by atoms with van der Waals surface area (Å²) < 4.78 is 0. The zero-order chi connectivity index (χ0) is 11.3. The highest BCUT2D eigenvalue weighted by atomic mass is 16.4. The Morgan fingerprint density at radius 3 is 2.80 bits per heavy atom. The molecule has 0 atom stereocenters. The summed E-state index contributed by atoms with van der Waals surface area (Å²) in [6.45, 7) is 3.93. The van der Waals surface area contributed by atoms with Crippen molar-refractivity contribution >= 4 is 5.97 Å². The maximum Gasteiger partial charge on any atom is 0.331 e. The average Bonchev–Trinajstić information content (AvgIpc) is 2.17. The standard InChI is InChI=1S/C12H15NO2/c1-9(2)6-11(12(14)15)7-10-4-3-5-13-8-10/h3-6,8-9H,7H2,1-2H3,(H,14,15). The van der Waals surface area contributed by atoms with Gasteiger partial charge in [0, 0.05) is 24.4 Å². The Balaban J connectivity index is 2.81. The van der Waals surface area contributed by atoms with Crippen LogP contribution in [0, 0.1) is 5.92 Å². The molecule has 3 heteroatoms. The van der Waals surface area contributed by atoms with E-state index >= 15 is 0 Å². The molecule has 1 aromatic rings. The lowest BCUT2D eigenvalue weighted by atomic mass is 10.0. The van der Waals surface area contributed by atoms with Gasteiger partial charge in [-0.15, -0.1) is 0 Å². The molecule has 3 nitrogen and oxygen atoms in total. The summed E-state index contributed by atoms with van der Waals surface area (Å²) in [7, 11) is 0. The number of allylic oxidation sites excluding steroid dienone is 1. The van der Waals surface area contributed by atoms with Gasteiger partial charge in [-0.05, 0) is 17.5 Å². The first-order valence-electron chi connectivity index (χ1n) is 4.92. The minimum Gasteiger partial charge on any atom is -0.478 e. The van der Waals surface area contributed by atoms with E-state index in [9.17, 15) is 4.79 Å². The molecule has 0 spiro atoms. The van der Waals surface area contributed by atoms with E-state index in [-0.39, 0.29) is 5.92 Å². The Labute approximate surface area is 89.5 Å². The summed E-state index contributed by atoms with van der Waals surface area (Å²) in [4.78, 5) is 14.9. The molecule has 0 saturated heterocycles. The highest BCUT2D eigenvalue weighted by Crippen LogP contribution is 2.10. The molecule has 0 saturated carbocycles. The predicted octanol–water partition coefficient (Wildman–Crippen LogP) is 2.29. The van der Waals surface area contributed by atoms with Crippen molar-refractivity contribution in [2.75, 3.05) is 0 Å². The maximum absolute atomic E-state index is 11.0. The van der Waals surface area contributed by atoms with Crippen LogP contribution in [0.1, 0.15) is 19.4 Å². The molecular weight excluding hydrogens is 190 g/mol. The van der Waals surface area contributed by atoms with Crippen molar-refractivity contribution < 1.29 is 9.90 Å². The lowest BCUT2D eigenvalue weighted by Crippen LogP contribution is -2.05. The molecular formula is C12H15NO2. The normalized spacial score (nSPS) is 11.8. The number of aromatic nitrogens is 1. The molecule has 0 fully saturated rings. The fourth-order valence-corrected chi connectivity index (χ4v) is 1.33. The van der Waals surface area contributed by atoms with Crippen molar-refractivity contribution in [3.05, 3.63) is 41.7 Å². The third-order valence-corrected chi connectivity index (χ3v) is 1.93. The van der Waals surface area contributed by atoms with E-state index in [0.717, 1.165) is 5.56 Å². The molecule has 1 rings (SSSR count). The summed E-state index contributed by atoms with van der Waals surface area (Å²) >= 11 is 0. The molecule has 0 unspecified atom stereocenters. The van der Waals surface area contributed by atoms with E-state index < -0.39 is 5.97 Å². The number of pyridine rings is 1. The highest BCUT2D eigenvalue weighted by molar-refractivity contribution is 5.87. The van der Waals surface area contributed by atoms with E-state index in [0.29, 0.717) is 12.0 Å². The van der Waals surface area contributed by atoms with Gasteiger partial charge in [0.05, 0.1) is 0 Å². The van der Waals surface area contributed by atoms with Gasteiger partial charge in [0.1, 0.15) is 0 Å². The van der Waals surface area contributed by atoms with E-state index in [4.69, 9.17) is 5.11 Å². The van der Waals surface area contributed by atoms with Gasteiger partial charge in [0.25, 0.3) is 0 Å². The first kappa shape index (κ1) is 11.4. The first-order chi connectivity index (χ1) is 7.09. The molecule has 0 radical (unpaired) electrons. The zero-order valence-electron chi connectivity index (χ0n) is 8.97. The Hall–Kier alpha value is -1.64. The van der Waals surface area contributed by atoms with Crippen LogP contribution in [0.4, 0.5) is 0 Å². The van der Waals surface area contributed by atoms with Crippen molar-refractivity contribution in [3.63, 3.8) is 0 Å². The number of hydrogen-bond donors (Lipinski definition) is 1. The number of hydrogen-bond acceptors (Lipinski definition) is 2. The van der Waals surface area contributed by atoms with E-state index in [1.54, 1.807) is 18.5 Å². The van der Waals surface area contributed by atoms with Gasteiger partial charge in [-0.1, -0.05) is 26.0 Å². The largest absolute Gasteiger partial charge is 0.478 e. The lowest BCUT2D eigenvalue weighted by Gasteiger charge is -2.04. The number of rotatable bonds is 4. The molecule has 0 amide bonds. The molecule has 0 aliphatic rings. The Kier molecular flexibility index (Phi) is 4.03. The fraction of sp³-hybridized carbons (Fsp3) is 0.333. The van der Waals surface area contributed by atoms with Crippen molar-refractivity contribution in [3.8, 4) is 0 Å². The van der Waals surface area contributed by atoms with Crippen molar-refractivity contribution in [1.29, 1.82) is 0 Å². The Morgan fingerprint density at radius 1 is 1.60 bits per heavy atom. The SMILES string of the molecule is CC(C)C=C(Cc1cccnc1)C(=O)O. The summed E-state index contributed by atoms with van der Waals surface area (Å²) in [5, 5.41) is 8.99. The van der Waals surface area contributed by atoms with E-state index in [1.165, 1.54) is 0 Å². The quantitative estimate of drug-likeness (QED) is 0.767. The smallest absolute Gasteiger partial charge is 0.331 e. The van der Waals surface area contributed by atoms with Gasteiger partial charge in [0.15, 0.2) is 0 Å². The monoisotopic (exact) mass is 205 g/mol. The summed E-state index contributed by atoms with van der Waals surface area (Å²) in [5.41, 5.74) is 1.35. The van der Waals surface area contributed by atoms with Gasteiger partial charge in [-0.3, -0.25) is 4.98 Å². The van der Waals surface area contributed by atoms with E-state index in [2.05, 4.69) is 4.98 Å². The number of aliphatic carboxylic acids is 1. The highest BCUT2D eigenvalue weighted by Gasteiger charge is 2.08. The molecule has 0 aliphatic carbocycles. The summed E-state index contributed by atoms with van der Waals surface area (Å²) in [6.07, 6.45) is 5.57. The van der Waals surface area contributed by atoms with Gasteiger partial charge >= 0.3 is 5.97 Å². The minimum absolute atomic E-state index is 0.243. The molecule has 0 aromatic carbocycles.